The first-order valence-corrected chi connectivity index (χ1v) is 6.08. The molecule has 0 amide bonds. The molecular formula is C13H17N3. The Bertz CT molecular complexity index is 495. The van der Waals surface area contributed by atoms with Gasteiger partial charge < -0.3 is 9.47 Å². The molecule has 16 heavy (non-hydrogen) atoms. The molecule has 3 nitrogen and oxygen atoms in total. The summed E-state index contributed by atoms with van der Waals surface area (Å²) in [4.78, 5) is 6.91. The lowest BCUT2D eigenvalue weighted by atomic mass is 10.2. The molecule has 0 N–H and O–H groups in total. The van der Waals surface area contributed by atoms with Gasteiger partial charge in [-0.3, -0.25) is 0 Å². The second-order valence-corrected chi connectivity index (χ2v) is 4.40. The molecule has 1 aromatic carbocycles. The monoisotopic (exact) mass is 215 g/mol. The molecule has 1 fully saturated rings. The number of anilines is 1. The molecule has 0 radical (unpaired) electrons. The van der Waals surface area contributed by atoms with Crippen molar-refractivity contribution in [2.24, 2.45) is 0 Å². The predicted molar refractivity (Wildman–Crippen MR) is 66.9 cm³/mol. The molecule has 1 aromatic heterocycles. The number of rotatable bonds is 2. The second-order valence-electron chi connectivity index (χ2n) is 4.40. The Balaban J connectivity index is 2.02. The highest BCUT2D eigenvalue weighted by Crippen LogP contribution is 2.24. The molecule has 1 saturated heterocycles. The van der Waals surface area contributed by atoms with Gasteiger partial charge in [0.1, 0.15) is 0 Å². The summed E-state index contributed by atoms with van der Waals surface area (Å²) in [7, 11) is 0. The zero-order chi connectivity index (χ0) is 11.0. The van der Waals surface area contributed by atoms with Crippen LogP contribution in [0.4, 0.5) is 5.69 Å². The van der Waals surface area contributed by atoms with Crippen molar-refractivity contribution in [3.05, 3.63) is 24.5 Å². The Morgan fingerprint density at radius 3 is 2.81 bits per heavy atom. The maximum absolute atomic E-state index is 4.46. The average molecular weight is 215 g/mol. The molecule has 0 unspecified atom stereocenters. The van der Waals surface area contributed by atoms with Gasteiger partial charge in [-0.1, -0.05) is 0 Å². The number of benzene rings is 1. The van der Waals surface area contributed by atoms with E-state index < -0.39 is 0 Å². The normalized spacial score (nSPS) is 16.2. The van der Waals surface area contributed by atoms with Crippen LogP contribution in [0, 0.1) is 0 Å². The van der Waals surface area contributed by atoms with E-state index in [2.05, 4.69) is 39.6 Å². The van der Waals surface area contributed by atoms with E-state index in [9.17, 15) is 0 Å². The van der Waals surface area contributed by atoms with Gasteiger partial charge in [0.25, 0.3) is 0 Å². The molecule has 1 aliphatic heterocycles. The minimum Gasteiger partial charge on any atom is -0.371 e. The van der Waals surface area contributed by atoms with Crippen LogP contribution in [0.5, 0.6) is 0 Å². The van der Waals surface area contributed by atoms with Gasteiger partial charge >= 0.3 is 0 Å². The van der Waals surface area contributed by atoms with Crippen LogP contribution in [0.2, 0.25) is 0 Å². The zero-order valence-electron chi connectivity index (χ0n) is 9.69. The lowest BCUT2D eigenvalue weighted by Crippen LogP contribution is -2.17. The SMILES string of the molecule is CCn1cnc2cc(N3CCCC3)ccc21. The summed E-state index contributed by atoms with van der Waals surface area (Å²) < 4.78 is 2.18. The van der Waals surface area contributed by atoms with Crippen molar-refractivity contribution in [3.8, 4) is 0 Å². The van der Waals surface area contributed by atoms with Crippen LogP contribution in [-0.4, -0.2) is 22.6 Å². The van der Waals surface area contributed by atoms with Crippen LogP contribution in [0.15, 0.2) is 24.5 Å². The van der Waals surface area contributed by atoms with Crippen molar-refractivity contribution in [3.63, 3.8) is 0 Å². The van der Waals surface area contributed by atoms with Gasteiger partial charge in [-0.2, -0.15) is 0 Å². The molecule has 1 aliphatic rings. The quantitative estimate of drug-likeness (QED) is 0.768. The van der Waals surface area contributed by atoms with E-state index in [4.69, 9.17) is 0 Å². The Morgan fingerprint density at radius 1 is 1.25 bits per heavy atom. The molecule has 0 aliphatic carbocycles. The summed E-state index contributed by atoms with van der Waals surface area (Å²) in [6.07, 6.45) is 4.57. The molecule has 84 valence electrons. The highest BCUT2D eigenvalue weighted by Gasteiger charge is 2.13. The molecule has 2 aromatic rings. The predicted octanol–water partition coefficient (Wildman–Crippen LogP) is 2.66. The van der Waals surface area contributed by atoms with Crippen molar-refractivity contribution in [2.75, 3.05) is 18.0 Å². The fraction of sp³-hybridized carbons (Fsp3) is 0.462. The Labute approximate surface area is 95.7 Å². The first-order chi connectivity index (χ1) is 7.88. The minimum atomic E-state index is 0.986. The third kappa shape index (κ3) is 1.47. The van der Waals surface area contributed by atoms with E-state index in [0.717, 1.165) is 12.1 Å². The number of aryl methyl sites for hydroxylation is 1. The summed E-state index contributed by atoms with van der Waals surface area (Å²) in [5.41, 5.74) is 3.68. The van der Waals surface area contributed by atoms with Gasteiger partial charge in [0.15, 0.2) is 0 Å². The summed E-state index contributed by atoms with van der Waals surface area (Å²) in [5, 5.41) is 0. The number of hydrogen-bond donors (Lipinski definition) is 0. The number of imidazole rings is 1. The number of fused-ring (bicyclic) bond motifs is 1. The molecule has 2 heterocycles. The van der Waals surface area contributed by atoms with Crippen molar-refractivity contribution >= 4 is 16.7 Å². The molecule has 0 spiro atoms. The van der Waals surface area contributed by atoms with Crippen LogP contribution in [-0.2, 0) is 6.54 Å². The Kier molecular flexibility index (Phi) is 2.31. The van der Waals surface area contributed by atoms with E-state index >= 15 is 0 Å². The molecule has 3 rings (SSSR count). The largest absolute Gasteiger partial charge is 0.371 e. The van der Waals surface area contributed by atoms with Crippen LogP contribution < -0.4 is 4.90 Å². The summed E-state index contributed by atoms with van der Waals surface area (Å²) >= 11 is 0. The molecule has 0 atom stereocenters. The van der Waals surface area contributed by atoms with E-state index in [1.165, 1.54) is 37.1 Å². The van der Waals surface area contributed by atoms with E-state index in [1.807, 2.05) is 6.33 Å². The molecule has 3 heteroatoms. The van der Waals surface area contributed by atoms with E-state index in [1.54, 1.807) is 0 Å². The number of hydrogen-bond acceptors (Lipinski definition) is 2. The summed E-state index contributed by atoms with van der Waals surface area (Å²) in [6, 6.07) is 6.63. The van der Waals surface area contributed by atoms with Gasteiger partial charge in [0, 0.05) is 25.3 Å². The van der Waals surface area contributed by atoms with Gasteiger partial charge in [0.05, 0.1) is 17.4 Å². The van der Waals surface area contributed by atoms with Crippen molar-refractivity contribution in [1.29, 1.82) is 0 Å². The standard InChI is InChI=1S/C13H17N3/c1-2-15-10-14-12-9-11(5-6-13(12)15)16-7-3-4-8-16/h5-6,9-10H,2-4,7-8H2,1H3. The Morgan fingerprint density at radius 2 is 2.06 bits per heavy atom. The van der Waals surface area contributed by atoms with Crippen molar-refractivity contribution in [1.82, 2.24) is 9.55 Å². The average Bonchev–Trinajstić information content (AvgIpc) is 2.97. The summed E-state index contributed by atoms with van der Waals surface area (Å²) in [5.74, 6) is 0. The smallest absolute Gasteiger partial charge is 0.0958 e. The highest BCUT2D eigenvalue weighted by molar-refractivity contribution is 5.79. The summed E-state index contributed by atoms with van der Waals surface area (Å²) in [6.45, 7) is 5.52. The third-order valence-electron chi connectivity index (χ3n) is 3.42. The fourth-order valence-corrected chi connectivity index (χ4v) is 2.48. The van der Waals surface area contributed by atoms with Crippen LogP contribution >= 0.6 is 0 Å². The van der Waals surface area contributed by atoms with Gasteiger partial charge in [-0.15, -0.1) is 0 Å². The Hall–Kier alpha value is -1.51. The minimum absolute atomic E-state index is 0.986. The van der Waals surface area contributed by atoms with Gasteiger partial charge in [-0.05, 0) is 38.0 Å². The number of aromatic nitrogens is 2. The van der Waals surface area contributed by atoms with E-state index in [0.29, 0.717) is 0 Å². The fourth-order valence-electron chi connectivity index (χ4n) is 2.48. The van der Waals surface area contributed by atoms with Crippen LogP contribution in [0.1, 0.15) is 19.8 Å². The zero-order valence-corrected chi connectivity index (χ0v) is 9.69. The third-order valence-corrected chi connectivity index (χ3v) is 3.42. The lowest BCUT2D eigenvalue weighted by molar-refractivity contribution is 0.787. The van der Waals surface area contributed by atoms with Crippen LogP contribution in [0.25, 0.3) is 11.0 Å². The second kappa shape index (κ2) is 3.81. The van der Waals surface area contributed by atoms with Crippen molar-refractivity contribution < 1.29 is 0 Å². The molecule has 0 saturated carbocycles. The number of nitrogens with zero attached hydrogens (tertiary/aromatic N) is 3. The van der Waals surface area contributed by atoms with Gasteiger partial charge in [0.2, 0.25) is 0 Å². The van der Waals surface area contributed by atoms with Crippen LogP contribution in [0.3, 0.4) is 0 Å². The van der Waals surface area contributed by atoms with E-state index in [-0.39, 0.29) is 0 Å². The molecular weight excluding hydrogens is 198 g/mol. The molecule has 0 bridgehead atoms. The lowest BCUT2D eigenvalue weighted by Gasteiger charge is -2.17. The van der Waals surface area contributed by atoms with Crippen molar-refractivity contribution in [2.45, 2.75) is 26.3 Å². The highest BCUT2D eigenvalue weighted by atomic mass is 15.1. The first kappa shape index (κ1) is 9.70. The van der Waals surface area contributed by atoms with Gasteiger partial charge in [-0.25, -0.2) is 4.98 Å². The maximum Gasteiger partial charge on any atom is 0.0958 e. The maximum atomic E-state index is 4.46. The first-order valence-electron chi connectivity index (χ1n) is 6.08. The topological polar surface area (TPSA) is 21.1 Å².